The molecule has 0 aliphatic carbocycles. The molecule has 6 nitrogen and oxygen atoms in total. The Balaban J connectivity index is 2.10. The van der Waals surface area contributed by atoms with Crippen LogP contribution in [-0.2, 0) is 10.0 Å². The monoisotopic (exact) mass is 416 g/mol. The van der Waals surface area contributed by atoms with Crippen LogP contribution in [0, 0.1) is 0 Å². The topological polar surface area (TPSA) is 84.5 Å². The van der Waals surface area contributed by atoms with Crippen molar-refractivity contribution in [3.8, 4) is 5.75 Å². The summed E-state index contributed by atoms with van der Waals surface area (Å²) in [5, 5.41) is 2.67. The van der Waals surface area contributed by atoms with E-state index in [0.29, 0.717) is 5.56 Å². The van der Waals surface area contributed by atoms with Crippen molar-refractivity contribution in [2.24, 2.45) is 0 Å². The molecule has 0 aliphatic heterocycles. The van der Waals surface area contributed by atoms with Crippen LogP contribution in [0.15, 0.2) is 53.4 Å². The average Bonchev–Trinajstić information content (AvgIpc) is 2.61. The highest BCUT2D eigenvalue weighted by Crippen LogP contribution is 2.24. The fraction of sp³-hybridized carbons (Fsp3) is 0.278. The third-order valence-electron chi connectivity index (χ3n) is 3.70. The fourth-order valence-electron chi connectivity index (χ4n) is 2.40. The van der Waals surface area contributed by atoms with E-state index in [2.05, 4.69) is 14.8 Å². The van der Waals surface area contributed by atoms with Crippen LogP contribution >= 0.6 is 0 Å². The molecule has 0 heterocycles. The van der Waals surface area contributed by atoms with Crippen LogP contribution in [0.4, 0.5) is 13.2 Å². The summed E-state index contributed by atoms with van der Waals surface area (Å²) in [4.78, 5) is 12.4. The second-order valence-corrected chi connectivity index (χ2v) is 7.61. The molecule has 28 heavy (non-hydrogen) atoms. The van der Waals surface area contributed by atoms with Crippen molar-refractivity contribution in [3.05, 3.63) is 59.7 Å². The second kappa shape index (κ2) is 8.61. The predicted molar refractivity (Wildman–Crippen MR) is 96.3 cm³/mol. The summed E-state index contributed by atoms with van der Waals surface area (Å²) in [5.74, 6) is -0.882. The zero-order valence-corrected chi connectivity index (χ0v) is 15.9. The molecular formula is C18H19F3N2O4S. The number of benzene rings is 2. The number of alkyl halides is 3. The molecule has 0 aromatic heterocycles. The molecule has 0 aliphatic rings. The first-order valence-corrected chi connectivity index (χ1v) is 9.76. The molecular weight excluding hydrogens is 397 g/mol. The first-order chi connectivity index (χ1) is 13.0. The molecule has 0 saturated heterocycles. The fourth-order valence-corrected chi connectivity index (χ4v) is 3.49. The first kappa shape index (κ1) is 21.7. The van der Waals surface area contributed by atoms with Gasteiger partial charge < -0.3 is 10.1 Å². The number of rotatable bonds is 7. The van der Waals surface area contributed by atoms with Gasteiger partial charge in [-0.1, -0.05) is 25.1 Å². The maximum absolute atomic E-state index is 12.4. The summed E-state index contributed by atoms with van der Waals surface area (Å²) in [6, 6.07) is 10.1. The van der Waals surface area contributed by atoms with E-state index in [-0.39, 0.29) is 22.8 Å². The van der Waals surface area contributed by atoms with Crippen molar-refractivity contribution in [1.82, 2.24) is 10.0 Å². The summed E-state index contributed by atoms with van der Waals surface area (Å²) in [5.41, 5.74) is 0.696. The Bertz CT molecular complexity index is 929. The molecule has 0 radical (unpaired) electrons. The number of carbonyl (C=O) groups is 1. The Labute approximate surface area is 160 Å². The second-order valence-electron chi connectivity index (χ2n) is 5.84. The minimum absolute atomic E-state index is 0.0386. The van der Waals surface area contributed by atoms with E-state index in [1.165, 1.54) is 36.4 Å². The van der Waals surface area contributed by atoms with Crippen LogP contribution in [0.1, 0.15) is 35.8 Å². The zero-order valence-electron chi connectivity index (χ0n) is 15.1. The van der Waals surface area contributed by atoms with Crippen molar-refractivity contribution >= 4 is 15.9 Å². The highest BCUT2D eigenvalue weighted by molar-refractivity contribution is 7.89. The van der Waals surface area contributed by atoms with Gasteiger partial charge in [0, 0.05) is 12.1 Å². The molecule has 0 fully saturated rings. The molecule has 2 rings (SSSR count). The minimum atomic E-state index is -4.78. The maximum Gasteiger partial charge on any atom is 0.573 e. The third-order valence-corrected chi connectivity index (χ3v) is 5.25. The van der Waals surface area contributed by atoms with Gasteiger partial charge in [-0.05, 0) is 42.8 Å². The number of halogens is 3. The lowest BCUT2D eigenvalue weighted by molar-refractivity contribution is -0.274. The van der Waals surface area contributed by atoms with E-state index in [1.807, 2.05) is 0 Å². The van der Waals surface area contributed by atoms with Gasteiger partial charge in [-0.3, -0.25) is 4.79 Å². The van der Waals surface area contributed by atoms with Gasteiger partial charge in [-0.2, -0.15) is 0 Å². The highest BCUT2D eigenvalue weighted by atomic mass is 32.2. The normalized spacial score (nSPS) is 13.0. The smallest absolute Gasteiger partial charge is 0.406 e. The van der Waals surface area contributed by atoms with Gasteiger partial charge in [-0.15, -0.1) is 13.2 Å². The largest absolute Gasteiger partial charge is 0.573 e. The van der Waals surface area contributed by atoms with Crippen LogP contribution in [0.5, 0.6) is 5.75 Å². The molecule has 2 aromatic carbocycles. The molecule has 2 aromatic rings. The molecule has 0 spiro atoms. The van der Waals surface area contributed by atoms with Crippen molar-refractivity contribution < 1.29 is 31.1 Å². The number of amides is 1. The molecule has 1 atom stereocenters. The van der Waals surface area contributed by atoms with E-state index in [1.54, 1.807) is 13.8 Å². The molecule has 2 N–H and O–H groups in total. The highest BCUT2D eigenvalue weighted by Gasteiger charge is 2.31. The van der Waals surface area contributed by atoms with Crippen molar-refractivity contribution in [2.45, 2.75) is 31.1 Å². The van der Waals surface area contributed by atoms with Gasteiger partial charge in [0.1, 0.15) is 5.75 Å². The Morgan fingerprint density at radius 3 is 2.36 bits per heavy atom. The summed E-state index contributed by atoms with van der Waals surface area (Å²) in [6.45, 7) is 3.50. The first-order valence-electron chi connectivity index (χ1n) is 8.28. The van der Waals surface area contributed by atoms with Crippen LogP contribution in [0.25, 0.3) is 0 Å². The van der Waals surface area contributed by atoms with Crippen LogP contribution in [0.3, 0.4) is 0 Å². The lowest BCUT2D eigenvalue weighted by atomic mass is 10.1. The van der Waals surface area contributed by atoms with Crippen LogP contribution < -0.4 is 14.8 Å². The third kappa shape index (κ3) is 5.96. The predicted octanol–water partition coefficient (Wildman–Crippen LogP) is 3.37. The van der Waals surface area contributed by atoms with Crippen molar-refractivity contribution in [2.75, 3.05) is 6.54 Å². The maximum atomic E-state index is 12.4. The number of hydrogen-bond acceptors (Lipinski definition) is 4. The van der Waals surface area contributed by atoms with E-state index in [4.69, 9.17) is 0 Å². The van der Waals surface area contributed by atoms with Gasteiger partial charge in [0.2, 0.25) is 10.0 Å². The summed E-state index contributed by atoms with van der Waals surface area (Å²) >= 11 is 0. The lowest BCUT2D eigenvalue weighted by Crippen LogP contribution is -2.27. The molecule has 0 bridgehead atoms. The summed E-state index contributed by atoms with van der Waals surface area (Å²) < 4.78 is 66.8. The Morgan fingerprint density at radius 2 is 1.79 bits per heavy atom. The number of nitrogens with one attached hydrogen (secondary N) is 2. The van der Waals surface area contributed by atoms with Gasteiger partial charge in [0.15, 0.2) is 0 Å². The Kier molecular flexibility index (Phi) is 6.68. The summed E-state index contributed by atoms with van der Waals surface area (Å²) in [6.07, 6.45) is -4.78. The van der Waals surface area contributed by atoms with Gasteiger partial charge in [0.25, 0.3) is 5.91 Å². The van der Waals surface area contributed by atoms with Crippen molar-refractivity contribution in [1.29, 1.82) is 0 Å². The number of ether oxygens (including phenoxy) is 1. The van der Waals surface area contributed by atoms with E-state index in [9.17, 15) is 26.4 Å². The SMILES string of the molecule is CCNS(=O)(=O)c1cccc(C(=O)NC(C)c2ccc(OC(F)(F)F)cc2)c1. The van der Waals surface area contributed by atoms with E-state index < -0.39 is 28.3 Å². The molecule has 10 heteroatoms. The van der Waals surface area contributed by atoms with Gasteiger partial charge in [-0.25, -0.2) is 13.1 Å². The Morgan fingerprint density at radius 1 is 1.14 bits per heavy atom. The molecule has 152 valence electrons. The van der Waals surface area contributed by atoms with Gasteiger partial charge >= 0.3 is 6.36 Å². The van der Waals surface area contributed by atoms with E-state index in [0.717, 1.165) is 12.1 Å². The Hall–Kier alpha value is -2.59. The zero-order chi connectivity index (χ0) is 20.9. The number of sulfonamides is 1. The van der Waals surface area contributed by atoms with Crippen LogP contribution in [0.2, 0.25) is 0 Å². The molecule has 1 unspecified atom stereocenters. The number of hydrogen-bond donors (Lipinski definition) is 2. The molecule has 0 saturated carbocycles. The standard InChI is InChI=1S/C18H19F3N2O4S/c1-3-22-28(25,26)16-6-4-5-14(11-16)17(24)23-12(2)13-7-9-15(10-8-13)27-18(19,20)21/h4-12,22H,3H2,1-2H3,(H,23,24). The van der Waals surface area contributed by atoms with Gasteiger partial charge in [0.05, 0.1) is 10.9 Å². The number of carbonyl (C=O) groups excluding carboxylic acids is 1. The summed E-state index contributed by atoms with van der Waals surface area (Å²) in [7, 11) is -3.70. The minimum Gasteiger partial charge on any atom is -0.406 e. The average molecular weight is 416 g/mol. The van der Waals surface area contributed by atoms with Crippen molar-refractivity contribution in [3.63, 3.8) is 0 Å². The molecule has 1 amide bonds. The van der Waals surface area contributed by atoms with Crippen LogP contribution in [-0.4, -0.2) is 27.2 Å². The quantitative estimate of drug-likeness (QED) is 0.725. The lowest BCUT2D eigenvalue weighted by Gasteiger charge is -2.16. The van der Waals surface area contributed by atoms with E-state index >= 15 is 0 Å².